The molecule has 0 atom stereocenters. The van der Waals surface area contributed by atoms with E-state index in [4.69, 9.17) is 5.11 Å². The van der Waals surface area contributed by atoms with Crippen LogP contribution in [0.1, 0.15) is 16.7 Å². The zero-order chi connectivity index (χ0) is 10.7. The van der Waals surface area contributed by atoms with Crippen LogP contribution in [0.4, 0.5) is 4.39 Å². The molecule has 3 heteroatoms. The highest BCUT2D eigenvalue weighted by atomic mass is 19.1. The van der Waals surface area contributed by atoms with Crippen molar-refractivity contribution in [2.75, 3.05) is 0 Å². The molecule has 0 amide bonds. The second-order valence-corrected chi connectivity index (χ2v) is 3.16. The Balaban J connectivity index is 3.09. The van der Waals surface area contributed by atoms with Gasteiger partial charge in [-0.25, -0.2) is 4.79 Å². The molecule has 0 aromatic heterocycles. The molecule has 0 bridgehead atoms. The summed E-state index contributed by atoms with van der Waals surface area (Å²) in [7, 11) is 0. The molecule has 1 rings (SSSR count). The van der Waals surface area contributed by atoms with Gasteiger partial charge in [0.2, 0.25) is 5.83 Å². The van der Waals surface area contributed by atoms with E-state index >= 15 is 0 Å². The Kier molecular flexibility index (Phi) is 3.02. The molecular formula is C11H11FO2. The summed E-state index contributed by atoms with van der Waals surface area (Å²) in [5.41, 5.74) is 2.52. The minimum Gasteiger partial charge on any atom is -0.476 e. The number of aryl methyl sites for hydroxylation is 2. The van der Waals surface area contributed by atoms with Crippen molar-refractivity contribution in [2.45, 2.75) is 13.8 Å². The van der Waals surface area contributed by atoms with Crippen LogP contribution in [0.3, 0.4) is 0 Å². The average Bonchev–Trinajstić information content (AvgIpc) is 2.09. The fraction of sp³-hybridized carbons (Fsp3) is 0.182. The molecule has 2 nitrogen and oxygen atoms in total. The first kappa shape index (κ1) is 10.4. The summed E-state index contributed by atoms with van der Waals surface area (Å²) in [5, 5.41) is 8.35. The van der Waals surface area contributed by atoms with Crippen molar-refractivity contribution in [3.63, 3.8) is 0 Å². The normalized spacial score (nSPS) is 11.5. The number of carbonyl (C=O) groups is 1. The fourth-order valence-corrected chi connectivity index (χ4v) is 1.19. The van der Waals surface area contributed by atoms with Crippen LogP contribution in [0.25, 0.3) is 6.08 Å². The Morgan fingerprint density at radius 3 is 2.57 bits per heavy atom. The van der Waals surface area contributed by atoms with E-state index < -0.39 is 11.8 Å². The van der Waals surface area contributed by atoms with Crippen molar-refractivity contribution < 1.29 is 14.3 Å². The molecule has 1 aromatic rings. The highest BCUT2D eigenvalue weighted by Gasteiger charge is 2.05. The van der Waals surface area contributed by atoms with Crippen LogP contribution in [-0.2, 0) is 4.79 Å². The third kappa shape index (κ3) is 2.42. The van der Waals surface area contributed by atoms with Gasteiger partial charge in [0, 0.05) is 0 Å². The van der Waals surface area contributed by atoms with Crippen LogP contribution in [-0.4, -0.2) is 11.1 Å². The lowest BCUT2D eigenvalue weighted by Crippen LogP contribution is -1.94. The Hall–Kier alpha value is -1.64. The summed E-state index contributed by atoms with van der Waals surface area (Å²) < 4.78 is 12.8. The van der Waals surface area contributed by atoms with Gasteiger partial charge in [-0.2, -0.15) is 4.39 Å². The number of hydrogen-bond donors (Lipinski definition) is 1. The minimum absolute atomic E-state index is 0.593. The zero-order valence-electron chi connectivity index (χ0n) is 8.04. The van der Waals surface area contributed by atoms with E-state index in [-0.39, 0.29) is 0 Å². The number of halogens is 1. The topological polar surface area (TPSA) is 37.3 Å². The molecular weight excluding hydrogens is 183 g/mol. The summed E-state index contributed by atoms with van der Waals surface area (Å²) >= 11 is 0. The summed E-state index contributed by atoms with van der Waals surface area (Å²) in [5.74, 6) is -2.68. The summed E-state index contributed by atoms with van der Waals surface area (Å²) in [6.07, 6.45) is 1.02. The second-order valence-electron chi connectivity index (χ2n) is 3.16. The van der Waals surface area contributed by atoms with Crippen LogP contribution >= 0.6 is 0 Å². The molecule has 0 aliphatic rings. The van der Waals surface area contributed by atoms with Gasteiger partial charge in [-0.1, -0.05) is 23.8 Å². The van der Waals surface area contributed by atoms with Crippen molar-refractivity contribution in [3.8, 4) is 0 Å². The van der Waals surface area contributed by atoms with Gasteiger partial charge in [-0.3, -0.25) is 0 Å². The number of rotatable bonds is 2. The Bertz CT molecular complexity index is 394. The van der Waals surface area contributed by atoms with E-state index in [1.54, 1.807) is 6.07 Å². The summed E-state index contributed by atoms with van der Waals surface area (Å²) in [6, 6.07) is 5.39. The van der Waals surface area contributed by atoms with Crippen LogP contribution in [0.2, 0.25) is 0 Å². The molecule has 1 N–H and O–H groups in total. The highest BCUT2D eigenvalue weighted by molar-refractivity contribution is 5.89. The Morgan fingerprint density at radius 2 is 2.07 bits per heavy atom. The smallest absolute Gasteiger partial charge is 0.364 e. The van der Waals surface area contributed by atoms with Crippen molar-refractivity contribution in [1.29, 1.82) is 0 Å². The number of carboxylic acids is 1. The first-order valence-corrected chi connectivity index (χ1v) is 4.18. The molecule has 0 aliphatic heterocycles. The molecule has 0 heterocycles. The molecule has 1 aromatic carbocycles. The van der Waals surface area contributed by atoms with Crippen molar-refractivity contribution in [2.24, 2.45) is 0 Å². The number of hydrogen-bond acceptors (Lipinski definition) is 1. The first-order chi connectivity index (χ1) is 6.50. The van der Waals surface area contributed by atoms with E-state index in [9.17, 15) is 9.18 Å². The van der Waals surface area contributed by atoms with E-state index in [0.29, 0.717) is 5.56 Å². The molecule has 0 saturated heterocycles. The quantitative estimate of drug-likeness (QED) is 0.735. The second kappa shape index (κ2) is 4.05. The average molecular weight is 194 g/mol. The minimum atomic E-state index is -1.54. The monoisotopic (exact) mass is 194 g/mol. The number of carboxylic acid groups (broad SMARTS) is 1. The molecule has 0 fully saturated rings. The molecule has 0 spiro atoms. The first-order valence-electron chi connectivity index (χ1n) is 4.18. The van der Waals surface area contributed by atoms with Crippen LogP contribution in [0.15, 0.2) is 24.0 Å². The lowest BCUT2D eigenvalue weighted by molar-refractivity contribution is -0.134. The van der Waals surface area contributed by atoms with Crippen LogP contribution in [0, 0.1) is 13.8 Å². The van der Waals surface area contributed by atoms with E-state index in [0.717, 1.165) is 17.2 Å². The Morgan fingerprint density at radius 1 is 1.43 bits per heavy atom. The van der Waals surface area contributed by atoms with Crippen molar-refractivity contribution in [1.82, 2.24) is 0 Å². The SMILES string of the molecule is Cc1ccc(/C=C(/F)C(=O)O)c(C)c1. The van der Waals surface area contributed by atoms with Crippen LogP contribution < -0.4 is 0 Å². The molecule has 0 saturated carbocycles. The number of aliphatic carboxylic acids is 1. The van der Waals surface area contributed by atoms with Gasteiger partial charge in [0.15, 0.2) is 0 Å². The zero-order valence-corrected chi connectivity index (χ0v) is 8.04. The highest BCUT2D eigenvalue weighted by Crippen LogP contribution is 2.14. The number of benzene rings is 1. The van der Waals surface area contributed by atoms with Gasteiger partial charge in [0.1, 0.15) is 0 Å². The van der Waals surface area contributed by atoms with Crippen molar-refractivity contribution >= 4 is 12.0 Å². The largest absolute Gasteiger partial charge is 0.476 e. The maximum Gasteiger partial charge on any atom is 0.364 e. The van der Waals surface area contributed by atoms with Gasteiger partial charge in [-0.15, -0.1) is 0 Å². The predicted octanol–water partition coefficient (Wildman–Crippen LogP) is 2.70. The molecule has 14 heavy (non-hydrogen) atoms. The van der Waals surface area contributed by atoms with Gasteiger partial charge < -0.3 is 5.11 Å². The lowest BCUT2D eigenvalue weighted by atomic mass is 10.1. The third-order valence-electron chi connectivity index (χ3n) is 1.91. The van der Waals surface area contributed by atoms with Crippen LogP contribution in [0.5, 0.6) is 0 Å². The van der Waals surface area contributed by atoms with Gasteiger partial charge in [-0.05, 0) is 31.1 Å². The van der Waals surface area contributed by atoms with Gasteiger partial charge in [0.25, 0.3) is 0 Å². The van der Waals surface area contributed by atoms with Crippen molar-refractivity contribution in [3.05, 3.63) is 40.7 Å². The Labute approximate surface area is 81.7 Å². The molecule has 0 radical (unpaired) electrons. The standard InChI is InChI=1S/C11H11FO2/c1-7-3-4-9(8(2)5-7)6-10(12)11(13)14/h3-6H,1-2H3,(H,13,14)/b10-6+. The third-order valence-corrected chi connectivity index (χ3v) is 1.91. The van der Waals surface area contributed by atoms with E-state index in [1.165, 1.54) is 0 Å². The summed E-state index contributed by atoms with van der Waals surface area (Å²) in [4.78, 5) is 10.2. The molecule has 74 valence electrons. The maximum absolute atomic E-state index is 12.8. The van der Waals surface area contributed by atoms with Gasteiger partial charge >= 0.3 is 5.97 Å². The predicted molar refractivity (Wildman–Crippen MR) is 52.6 cm³/mol. The lowest BCUT2D eigenvalue weighted by Gasteiger charge is -2.01. The molecule has 0 unspecified atom stereocenters. The maximum atomic E-state index is 12.8. The van der Waals surface area contributed by atoms with E-state index in [2.05, 4.69) is 0 Å². The molecule has 0 aliphatic carbocycles. The van der Waals surface area contributed by atoms with E-state index in [1.807, 2.05) is 26.0 Å². The fourth-order valence-electron chi connectivity index (χ4n) is 1.19. The van der Waals surface area contributed by atoms with Gasteiger partial charge in [0.05, 0.1) is 0 Å². The summed E-state index contributed by atoms with van der Waals surface area (Å²) in [6.45, 7) is 3.74.